The number of hydrogen-bond donors (Lipinski definition) is 1. The van der Waals surface area contributed by atoms with E-state index in [-0.39, 0.29) is 5.92 Å². The highest BCUT2D eigenvalue weighted by molar-refractivity contribution is 5.56. The number of nitriles is 2. The quantitative estimate of drug-likeness (QED) is 0.882. The summed E-state index contributed by atoms with van der Waals surface area (Å²) in [7, 11) is 0. The minimum Gasteiger partial charge on any atom is -0.457 e. The Bertz CT molecular complexity index is 907. The van der Waals surface area contributed by atoms with Crippen molar-refractivity contribution in [3.63, 3.8) is 0 Å². The number of benzene rings is 2. The van der Waals surface area contributed by atoms with E-state index in [4.69, 9.17) is 4.74 Å². The number of allylic oxidation sites excluding steroid dienone is 4. The summed E-state index contributed by atoms with van der Waals surface area (Å²) in [5.74, 6) is 1.03. The molecule has 0 fully saturated rings. The molecular formula is C21H17N3O. The van der Waals surface area contributed by atoms with E-state index in [9.17, 15) is 10.5 Å². The Kier molecular flexibility index (Phi) is 4.55. The molecule has 0 atom stereocenters. The van der Waals surface area contributed by atoms with Crippen LogP contribution in [-0.4, -0.2) is 0 Å². The smallest absolute Gasteiger partial charge is 0.127 e. The standard InChI is InChI=1S/C21H17N3O/c1-14-19(12-22)21(20(13-23)15(2)24-14)16-7-6-10-18(11-16)25-17-8-4-3-5-9-17/h3-11,21,24H,1-2H3. The maximum atomic E-state index is 9.59. The van der Waals surface area contributed by atoms with Crippen molar-refractivity contribution in [2.24, 2.45) is 0 Å². The Morgan fingerprint density at radius 2 is 1.44 bits per heavy atom. The fraction of sp³-hybridized carbons (Fsp3) is 0.143. The van der Waals surface area contributed by atoms with E-state index >= 15 is 0 Å². The van der Waals surface area contributed by atoms with Gasteiger partial charge in [0.2, 0.25) is 0 Å². The zero-order chi connectivity index (χ0) is 17.8. The van der Waals surface area contributed by atoms with Crippen molar-refractivity contribution in [3.8, 4) is 23.6 Å². The second-order valence-corrected chi connectivity index (χ2v) is 5.85. The predicted octanol–water partition coefficient (Wildman–Crippen LogP) is 4.76. The maximum absolute atomic E-state index is 9.59. The Balaban J connectivity index is 2.03. The van der Waals surface area contributed by atoms with Crippen LogP contribution >= 0.6 is 0 Å². The van der Waals surface area contributed by atoms with Gasteiger partial charge >= 0.3 is 0 Å². The Hall–Kier alpha value is -3.50. The molecule has 0 unspecified atom stereocenters. The van der Waals surface area contributed by atoms with Gasteiger partial charge in [-0.15, -0.1) is 0 Å². The first-order valence-electron chi connectivity index (χ1n) is 7.95. The van der Waals surface area contributed by atoms with E-state index in [0.717, 1.165) is 22.7 Å². The van der Waals surface area contributed by atoms with Crippen molar-refractivity contribution >= 4 is 0 Å². The molecule has 0 spiro atoms. The molecule has 0 saturated carbocycles. The summed E-state index contributed by atoms with van der Waals surface area (Å²) in [5, 5.41) is 22.3. The van der Waals surface area contributed by atoms with Gasteiger partial charge < -0.3 is 10.1 Å². The van der Waals surface area contributed by atoms with Gasteiger partial charge in [-0.2, -0.15) is 10.5 Å². The van der Waals surface area contributed by atoms with Gasteiger partial charge in [0, 0.05) is 11.4 Å². The van der Waals surface area contributed by atoms with Crippen LogP contribution in [0.15, 0.2) is 77.1 Å². The zero-order valence-electron chi connectivity index (χ0n) is 14.1. The van der Waals surface area contributed by atoms with Gasteiger partial charge in [0.05, 0.1) is 29.2 Å². The summed E-state index contributed by atoms with van der Waals surface area (Å²) < 4.78 is 5.89. The molecule has 1 heterocycles. The van der Waals surface area contributed by atoms with Crippen molar-refractivity contribution < 1.29 is 4.74 Å². The highest BCUT2D eigenvalue weighted by atomic mass is 16.5. The van der Waals surface area contributed by atoms with Crippen LogP contribution in [0.2, 0.25) is 0 Å². The fourth-order valence-corrected chi connectivity index (χ4v) is 3.01. The monoisotopic (exact) mass is 327 g/mol. The molecule has 1 aliphatic rings. The lowest BCUT2D eigenvalue weighted by Crippen LogP contribution is -2.23. The highest BCUT2D eigenvalue weighted by Crippen LogP contribution is 2.38. The zero-order valence-corrected chi connectivity index (χ0v) is 14.1. The van der Waals surface area contributed by atoms with Crippen LogP contribution in [0.25, 0.3) is 0 Å². The molecule has 0 amide bonds. The van der Waals surface area contributed by atoms with Gasteiger partial charge in [0.25, 0.3) is 0 Å². The highest BCUT2D eigenvalue weighted by Gasteiger charge is 2.29. The van der Waals surface area contributed by atoms with Crippen LogP contribution in [0.4, 0.5) is 0 Å². The van der Waals surface area contributed by atoms with Gasteiger partial charge in [0.1, 0.15) is 11.5 Å². The van der Waals surface area contributed by atoms with E-state index in [0.29, 0.717) is 16.9 Å². The average Bonchev–Trinajstić information content (AvgIpc) is 2.62. The summed E-state index contributed by atoms with van der Waals surface area (Å²) in [5.41, 5.74) is 3.52. The van der Waals surface area contributed by atoms with Gasteiger partial charge in [-0.05, 0) is 43.7 Å². The number of para-hydroxylation sites is 1. The molecule has 0 aliphatic carbocycles. The molecule has 4 heteroatoms. The first kappa shape index (κ1) is 16.4. The molecule has 25 heavy (non-hydrogen) atoms. The van der Waals surface area contributed by atoms with Crippen molar-refractivity contribution in [1.29, 1.82) is 10.5 Å². The SMILES string of the molecule is CC1=C(C#N)C(c2cccc(Oc3ccccc3)c2)C(C#N)=C(C)N1. The number of nitrogens with one attached hydrogen (secondary N) is 1. The molecule has 2 aromatic carbocycles. The lowest BCUT2D eigenvalue weighted by Gasteiger charge is -2.26. The average molecular weight is 327 g/mol. The molecule has 2 aromatic rings. The van der Waals surface area contributed by atoms with Crippen LogP contribution in [0.5, 0.6) is 11.5 Å². The van der Waals surface area contributed by atoms with E-state index in [1.165, 1.54) is 0 Å². The summed E-state index contributed by atoms with van der Waals surface area (Å²) >= 11 is 0. The molecule has 0 saturated heterocycles. The van der Waals surface area contributed by atoms with Crippen LogP contribution in [0.3, 0.4) is 0 Å². The molecule has 1 N–H and O–H groups in total. The molecule has 3 rings (SSSR count). The van der Waals surface area contributed by atoms with Crippen LogP contribution < -0.4 is 10.1 Å². The van der Waals surface area contributed by atoms with Gasteiger partial charge in [-0.1, -0.05) is 30.3 Å². The number of nitrogens with zero attached hydrogens (tertiary/aromatic N) is 2. The van der Waals surface area contributed by atoms with Crippen molar-refractivity contribution in [1.82, 2.24) is 5.32 Å². The van der Waals surface area contributed by atoms with Crippen molar-refractivity contribution in [2.45, 2.75) is 19.8 Å². The summed E-state index contributed by atoms with van der Waals surface area (Å²) in [6.07, 6.45) is 0. The molecule has 4 nitrogen and oxygen atoms in total. The van der Waals surface area contributed by atoms with E-state index < -0.39 is 0 Å². The largest absolute Gasteiger partial charge is 0.457 e. The number of ether oxygens (including phenoxy) is 1. The lowest BCUT2D eigenvalue weighted by molar-refractivity contribution is 0.482. The molecular weight excluding hydrogens is 310 g/mol. The minimum absolute atomic E-state index is 0.379. The normalized spacial score (nSPS) is 14.6. The minimum atomic E-state index is -0.379. The maximum Gasteiger partial charge on any atom is 0.127 e. The third-order valence-electron chi connectivity index (χ3n) is 4.17. The third kappa shape index (κ3) is 3.24. The fourth-order valence-electron chi connectivity index (χ4n) is 3.01. The summed E-state index contributed by atoms with van der Waals surface area (Å²) in [6.45, 7) is 3.71. The Morgan fingerprint density at radius 1 is 0.840 bits per heavy atom. The van der Waals surface area contributed by atoms with Crippen molar-refractivity contribution in [3.05, 3.63) is 82.7 Å². The third-order valence-corrected chi connectivity index (χ3v) is 4.17. The van der Waals surface area contributed by atoms with E-state index in [1.54, 1.807) is 0 Å². The molecule has 0 radical (unpaired) electrons. The van der Waals surface area contributed by atoms with E-state index in [1.807, 2.05) is 68.4 Å². The van der Waals surface area contributed by atoms with Crippen molar-refractivity contribution in [2.75, 3.05) is 0 Å². The Labute approximate surface area is 147 Å². The molecule has 122 valence electrons. The summed E-state index contributed by atoms with van der Waals surface area (Å²) in [4.78, 5) is 0. The first-order valence-corrected chi connectivity index (χ1v) is 7.95. The van der Waals surface area contributed by atoms with Gasteiger partial charge in [-0.3, -0.25) is 0 Å². The lowest BCUT2D eigenvalue weighted by atomic mass is 9.81. The second-order valence-electron chi connectivity index (χ2n) is 5.85. The number of rotatable bonds is 3. The summed E-state index contributed by atoms with van der Waals surface area (Å²) in [6, 6.07) is 21.6. The van der Waals surface area contributed by atoms with E-state index in [2.05, 4.69) is 17.5 Å². The Morgan fingerprint density at radius 3 is 2.04 bits per heavy atom. The number of dihydropyridines is 1. The van der Waals surface area contributed by atoms with Gasteiger partial charge in [-0.25, -0.2) is 0 Å². The van der Waals surface area contributed by atoms with Crippen LogP contribution in [0.1, 0.15) is 25.3 Å². The molecule has 0 aromatic heterocycles. The first-order chi connectivity index (χ1) is 12.1. The van der Waals surface area contributed by atoms with Crippen LogP contribution in [0, 0.1) is 22.7 Å². The van der Waals surface area contributed by atoms with Gasteiger partial charge in [0.15, 0.2) is 0 Å². The molecule has 0 bridgehead atoms. The van der Waals surface area contributed by atoms with Crippen LogP contribution in [-0.2, 0) is 0 Å². The molecule has 1 aliphatic heterocycles. The predicted molar refractivity (Wildman–Crippen MR) is 95.5 cm³/mol. The second kappa shape index (κ2) is 6.95. The topological polar surface area (TPSA) is 68.8 Å². The number of hydrogen-bond acceptors (Lipinski definition) is 4.